The molecule has 35 heavy (non-hydrogen) atoms. The molecule has 2 amide bonds. The van der Waals surface area contributed by atoms with E-state index in [0.29, 0.717) is 12.2 Å². The van der Waals surface area contributed by atoms with E-state index in [2.05, 4.69) is 5.32 Å². The lowest BCUT2D eigenvalue weighted by molar-refractivity contribution is -0.154. The molecule has 1 atom stereocenters. The van der Waals surface area contributed by atoms with E-state index < -0.39 is 12.0 Å². The lowest BCUT2D eigenvalue weighted by Crippen LogP contribution is -2.38. The Labute approximate surface area is 202 Å². The van der Waals surface area contributed by atoms with Crippen LogP contribution in [0.25, 0.3) is 22.3 Å². The summed E-state index contributed by atoms with van der Waals surface area (Å²) in [4.78, 5) is 24.4. The fourth-order valence-corrected chi connectivity index (χ4v) is 3.55. The average molecular weight is 475 g/mol. The van der Waals surface area contributed by atoms with Gasteiger partial charge in [0.2, 0.25) is 0 Å². The van der Waals surface area contributed by atoms with Crippen molar-refractivity contribution in [2.24, 2.45) is 0 Å². The fraction of sp³-hybridized carbons (Fsp3) is 0.185. The van der Waals surface area contributed by atoms with Crippen LogP contribution in [0.3, 0.4) is 0 Å². The highest BCUT2D eigenvalue weighted by atomic mass is 16.7. The van der Waals surface area contributed by atoms with Gasteiger partial charge < -0.3 is 19.2 Å². The predicted octanol–water partition coefficient (Wildman–Crippen LogP) is 4.28. The molecule has 4 rings (SSSR count). The monoisotopic (exact) mass is 474 g/mol. The molecule has 180 valence electrons. The topological polar surface area (TPSA) is 110 Å². The van der Waals surface area contributed by atoms with E-state index in [9.17, 15) is 9.59 Å². The average Bonchev–Trinajstić information content (AvgIpc) is 3.34. The minimum absolute atomic E-state index is 0.135. The van der Waals surface area contributed by atoms with E-state index in [1.165, 1.54) is 0 Å². The number of ether oxygens (including phenoxy) is 2. The zero-order valence-corrected chi connectivity index (χ0v) is 19.0. The first-order valence-corrected chi connectivity index (χ1v) is 11.2. The van der Waals surface area contributed by atoms with Gasteiger partial charge in [-0.05, 0) is 29.8 Å². The third-order valence-electron chi connectivity index (χ3n) is 5.42. The molecule has 0 aliphatic carbocycles. The van der Waals surface area contributed by atoms with Crippen LogP contribution in [0.2, 0.25) is 0 Å². The third-order valence-corrected chi connectivity index (χ3v) is 5.42. The van der Waals surface area contributed by atoms with Crippen molar-refractivity contribution in [2.75, 3.05) is 13.3 Å². The van der Waals surface area contributed by atoms with Gasteiger partial charge in [-0.3, -0.25) is 14.8 Å². The highest BCUT2D eigenvalue weighted by Crippen LogP contribution is 2.27. The van der Waals surface area contributed by atoms with Crippen molar-refractivity contribution >= 4 is 22.8 Å². The molecule has 0 unspecified atom stereocenters. The molecule has 0 radical (unpaired) electrons. The predicted molar refractivity (Wildman–Crippen MR) is 130 cm³/mol. The van der Waals surface area contributed by atoms with Gasteiger partial charge in [-0.1, -0.05) is 60.7 Å². The lowest BCUT2D eigenvalue weighted by Gasteiger charge is -2.16. The minimum atomic E-state index is -0.980. The minimum Gasteiger partial charge on any atom is -0.456 e. The molecule has 0 saturated heterocycles. The molecule has 0 aliphatic rings. The molecule has 8 nitrogen and oxygen atoms in total. The standard InChI is InChI=1S/C27H26N2O6/c30-26(21-12-10-20(11-13-21)25-16-22-8-4-5-9-23(22)35-25)28-15-14-24(27(31)29-32)34-18-33-17-19-6-2-1-3-7-19/h1-13,16,24,32H,14-15,17-18H2,(H,28,30)(H,29,31)/t24-/m1/s1. The Morgan fingerprint density at radius 1 is 0.943 bits per heavy atom. The normalized spacial score (nSPS) is 11.8. The van der Waals surface area contributed by atoms with E-state index in [1.54, 1.807) is 17.6 Å². The summed E-state index contributed by atoms with van der Waals surface area (Å²) in [7, 11) is 0. The summed E-state index contributed by atoms with van der Waals surface area (Å²) in [5.74, 6) is -0.273. The Balaban J connectivity index is 1.25. The van der Waals surface area contributed by atoms with Gasteiger partial charge in [0.1, 0.15) is 24.2 Å². The van der Waals surface area contributed by atoms with Gasteiger partial charge in [-0.25, -0.2) is 5.48 Å². The number of furan rings is 1. The van der Waals surface area contributed by atoms with Crippen molar-refractivity contribution in [3.63, 3.8) is 0 Å². The van der Waals surface area contributed by atoms with Crippen molar-refractivity contribution in [2.45, 2.75) is 19.1 Å². The van der Waals surface area contributed by atoms with Gasteiger partial charge in [0.05, 0.1) is 6.61 Å². The van der Waals surface area contributed by atoms with Gasteiger partial charge in [0.25, 0.3) is 11.8 Å². The SMILES string of the molecule is O=C(NCC[C@@H](OCOCc1ccccc1)C(=O)NO)c1ccc(-c2cc3ccccc3o2)cc1. The molecule has 0 saturated carbocycles. The maximum atomic E-state index is 12.5. The van der Waals surface area contributed by atoms with E-state index >= 15 is 0 Å². The Morgan fingerprint density at radius 2 is 1.69 bits per heavy atom. The molecular formula is C27H26N2O6. The number of carbonyl (C=O) groups excluding carboxylic acids is 2. The quantitative estimate of drug-likeness (QED) is 0.130. The smallest absolute Gasteiger partial charge is 0.272 e. The van der Waals surface area contributed by atoms with E-state index in [-0.39, 0.29) is 25.7 Å². The first kappa shape index (κ1) is 24.2. The van der Waals surface area contributed by atoms with Crippen LogP contribution in [0.15, 0.2) is 89.3 Å². The van der Waals surface area contributed by atoms with Crippen LogP contribution in [-0.2, 0) is 20.9 Å². The number of benzene rings is 3. The molecule has 3 aromatic carbocycles. The largest absolute Gasteiger partial charge is 0.456 e. The highest BCUT2D eigenvalue weighted by molar-refractivity contribution is 5.94. The highest BCUT2D eigenvalue weighted by Gasteiger charge is 2.19. The van der Waals surface area contributed by atoms with E-state index in [0.717, 1.165) is 27.9 Å². The first-order chi connectivity index (χ1) is 17.1. The van der Waals surface area contributed by atoms with Crippen LogP contribution < -0.4 is 10.8 Å². The summed E-state index contributed by atoms with van der Waals surface area (Å²) in [6.07, 6.45) is -0.823. The fourth-order valence-electron chi connectivity index (χ4n) is 3.55. The first-order valence-electron chi connectivity index (χ1n) is 11.2. The lowest BCUT2D eigenvalue weighted by atomic mass is 10.1. The number of nitrogens with one attached hydrogen (secondary N) is 2. The van der Waals surface area contributed by atoms with Crippen molar-refractivity contribution < 1.29 is 28.7 Å². The van der Waals surface area contributed by atoms with Crippen molar-refractivity contribution in [1.82, 2.24) is 10.8 Å². The summed E-state index contributed by atoms with van der Waals surface area (Å²) in [5.41, 5.74) is 4.69. The summed E-state index contributed by atoms with van der Waals surface area (Å²) in [5, 5.41) is 12.8. The van der Waals surface area contributed by atoms with Crippen LogP contribution >= 0.6 is 0 Å². The van der Waals surface area contributed by atoms with Gasteiger partial charge in [0.15, 0.2) is 0 Å². The number of hydrogen-bond acceptors (Lipinski definition) is 6. The number of fused-ring (bicyclic) bond motifs is 1. The van der Waals surface area contributed by atoms with Crippen molar-refractivity contribution in [1.29, 1.82) is 0 Å². The molecule has 0 fully saturated rings. The number of hydrogen-bond donors (Lipinski definition) is 3. The number of carbonyl (C=O) groups is 2. The maximum absolute atomic E-state index is 12.5. The second kappa shape index (κ2) is 11.9. The van der Waals surface area contributed by atoms with Gasteiger partial charge >= 0.3 is 0 Å². The second-order valence-electron chi connectivity index (χ2n) is 7.85. The van der Waals surface area contributed by atoms with E-state index in [1.807, 2.05) is 72.8 Å². The zero-order chi connectivity index (χ0) is 24.5. The molecule has 1 aromatic heterocycles. The molecule has 0 spiro atoms. The zero-order valence-electron chi connectivity index (χ0n) is 19.0. The molecular weight excluding hydrogens is 448 g/mol. The Kier molecular flexibility index (Phi) is 8.24. The van der Waals surface area contributed by atoms with Crippen molar-refractivity contribution in [3.8, 4) is 11.3 Å². The molecule has 3 N–H and O–H groups in total. The molecule has 0 bridgehead atoms. The summed E-state index contributed by atoms with van der Waals surface area (Å²) in [6, 6.07) is 26.3. The van der Waals surface area contributed by atoms with Gasteiger partial charge in [0, 0.05) is 29.5 Å². The summed E-state index contributed by atoms with van der Waals surface area (Å²) >= 11 is 0. The Hall–Kier alpha value is -3.98. The van der Waals surface area contributed by atoms with Crippen LogP contribution in [0.1, 0.15) is 22.3 Å². The third kappa shape index (κ3) is 6.54. The Morgan fingerprint density at radius 3 is 2.43 bits per heavy atom. The second-order valence-corrected chi connectivity index (χ2v) is 7.85. The summed E-state index contributed by atoms with van der Waals surface area (Å²) in [6.45, 7) is 0.361. The van der Waals surface area contributed by atoms with Gasteiger partial charge in [-0.15, -0.1) is 0 Å². The maximum Gasteiger partial charge on any atom is 0.272 e. The number of para-hydroxylation sites is 1. The Bertz CT molecular complexity index is 1220. The van der Waals surface area contributed by atoms with Crippen molar-refractivity contribution in [3.05, 3.63) is 96.1 Å². The molecule has 8 heteroatoms. The van der Waals surface area contributed by atoms with Crippen LogP contribution in [-0.4, -0.2) is 36.5 Å². The molecule has 1 heterocycles. The molecule has 0 aliphatic heterocycles. The van der Waals surface area contributed by atoms with Gasteiger partial charge in [-0.2, -0.15) is 0 Å². The van der Waals surface area contributed by atoms with Crippen LogP contribution in [0.5, 0.6) is 0 Å². The van der Waals surface area contributed by atoms with E-state index in [4.69, 9.17) is 19.1 Å². The number of amides is 2. The number of hydroxylamine groups is 1. The summed E-state index contributed by atoms with van der Waals surface area (Å²) < 4.78 is 16.7. The number of rotatable bonds is 11. The van der Waals surface area contributed by atoms with Crippen LogP contribution in [0.4, 0.5) is 0 Å². The van der Waals surface area contributed by atoms with Crippen LogP contribution in [0, 0.1) is 0 Å². The molecule has 4 aromatic rings.